The van der Waals surface area contributed by atoms with Gasteiger partial charge in [0, 0.05) is 18.7 Å². The summed E-state index contributed by atoms with van der Waals surface area (Å²) in [6.45, 7) is 3.51. The quantitative estimate of drug-likeness (QED) is 0.918. The second-order valence-electron chi connectivity index (χ2n) is 5.63. The zero-order chi connectivity index (χ0) is 16.4. The highest BCUT2D eigenvalue weighted by Gasteiger charge is 2.24. The molecule has 0 aromatic carbocycles. The molecule has 0 saturated heterocycles. The lowest BCUT2D eigenvalue weighted by Gasteiger charge is -2.27. The Morgan fingerprint density at radius 2 is 2.13 bits per heavy atom. The lowest BCUT2D eigenvalue weighted by molar-refractivity contribution is -0.136. The molecule has 3 heterocycles. The van der Waals surface area contributed by atoms with Gasteiger partial charge in [-0.05, 0) is 25.1 Å². The summed E-state index contributed by atoms with van der Waals surface area (Å²) in [6.07, 6.45) is 0.467. The fraction of sp³-hybridized carbons (Fsp3) is 0.375. The summed E-state index contributed by atoms with van der Waals surface area (Å²) >= 11 is 0. The second kappa shape index (κ2) is 6.20. The molecular weight excluding hydrogens is 296 g/mol. The Bertz CT molecular complexity index is 754. The number of aromatic nitrogens is 3. The largest absolute Gasteiger partial charge is 0.481 e. The fourth-order valence-corrected chi connectivity index (χ4v) is 2.68. The number of amides is 1. The number of hydrogen-bond acceptors (Lipinski definition) is 4. The van der Waals surface area contributed by atoms with Crippen molar-refractivity contribution in [2.45, 2.75) is 32.9 Å². The molecule has 1 aliphatic heterocycles. The van der Waals surface area contributed by atoms with Gasteiger partial charge in [-0.3, -0.25) is 14.3 Å². The van der Waals surface area contributed by atoms with Crippen LogP contribution in [0.25, 0.3) is 0 Å². The predicted molar refractivity (Wildman–Crippen MR) is 81.9 cm³/mol. The van der Waals surface area contributed by atoms with Crippen LogP contribution in [0.4, 0.5) is 0 Å². The van der Waals surface area contributed by atoms with Gasteiger partial charge in [-0.25, -0.2) is 4.98 Å². The molecule has 1 aliphatic rings. The molecule has 23 heavy (non-hydrogen) atoms. The van der Waals surface area contributed by atoms with Crippen molar-refractivity contribution in [1.82, 2.24) is 19.7 Å². The van der Waals surface area contributed by atoms with Crippen molar-refractivity contribution >= 4 is 11.9 Å². The lowest BCUT2D eigenvalue weighted by Crippen LogP contribution is -2.38. The van der Waals surface area contributed by atoms with Gasteiger partial charge in [0.15, 0.2) is 0 Å². The number of hydrogen-bond donors (Lipinski definition) is 1. The summed E-state index contributed by atoms with van der Waals surface area (Å²) < 4.78 is 1.85. The van der Waals surface area contributed by atoms with E-state index >= 15 is 0 Å². The molecule has 0 aliphatic carbocycles. The third-order valence-corrected chi connectivity index (χ3v) is 3.84. The summed E-state index contributed by atoms with van der Waals surface area (Å²) in [5, 5.41) is 13.1. The van der Waals surface area contributed by atoms with Gasteiger partial charge in [0.25, 0.3) is 5.91 Å². The second-order valence-corrected chi connectivity index (χ2v) is 5.63. The van der Waals surface area contributed by atoms with Crippen LogP contribution < -0.4 is 0 Å². The van der Waals surface area contributed by atoms with Crippen LogP contribution in [-0.4, -0.2) is 43.2 Å². The topological polar surface area (TPSA) is 88.3 Å². The minimum absolute atomic E-state index is 0.0618. The van der Waals surface area contributed by atoms with E-state index in [2.05, 4.69) is 10.1 Å². The number of rotatable bonds is 4. The number of aryl methyl sites for hydroxylation is 2. The van der Waals surface area contributed by atoms with Crippen LogP contribution in [0.1, 0.15) is 34.0 Å². The van der Waals surface area contributed by atoms with Crippen molar-refractivity contribution in [1.29, 1.82) is 0 Å². The summed E-state index contributed by atoms with van der Waals surface area (Å²) in [7, 11) is 0. The number of carboxylic acid groups (broad SMARTS) is 1. The molecule has 1 N–H and O–H groups in total. The van der Waals surface area contributed by atoms with Crippen LogP contribution >= 0.6 is 0 Å². The summed E-state index contributed by atoms with van der Waals surface area (Å²) in [5.41, 5.74) is 2.95. The minimum Gasteiger partial charge on any atom is -0.481 e. The first-order chi connectivity index (χ1) is 11.0. The molecular formula is C16H18N4O3. The molecule has 3 rings (SSSR count). The maximum absolute atomic E-state index is 12.5. The Morgan fingerprint density at radius 1 is 1.30 bits per heavy atom. The SMILES string of the molecule is Cc1cccc(C(=O)N2CCn3nc(CCC(=O)O)cc3C2)n1. The van der Waals surface area contributed by atoms with Gasteiger partial charge < -0.3 is 10.0 Å². The molecule has 0 atom stereocenters. The third kappa shape index (κ3) is 3.39. The molecule has 120 valence electrons. The molecule has 0 spiro atoms. The molecule has 0 unspecified atom stereocenters. The summed E-state index contributed by atoms with van der Waals surface area (Å²) in [5.74, 6) is -0.925. The van der Waals surface area contributed by atoms with Gasteiger partial charge >= 0.3 is 5.97 Å². The monoisotopic (exact) mass is 314 g/mol. The molecule has 0 saturated carbocycles. The Kier molecular flexibility index (Phi) is 4.10. The molecule has 7 nitrogen and oxygen atoms in total. The molecule has 2 aromatic heterocycles. The van der Waals surface area contributed by atoms with Crippen molar-refractivity contribution in [3.63, 3.8) is 0 Å². The van der Waals surface area contributed by atoms with Gasteiger partial charge in [0.2, 0.25) is 0 Å². The van der Waals surface area contributed by atoms with Crippen molar-refractivity contribution in [2.75, 3.05) is 6.54 Å². The molecule has 7 heteroatoms. The van der Waals surface area contributed by atoms with E-state index in [1.54, 1.807) is 11.0 Å². The number of carboxylic acids is 1. The van der Waals surface area contributed by atoms with Gasteiger partial charge in [0.05, 0.1) is 30.9 Å². The van der Waals surface area contributed by atoms with Crippen molar-refractivity contribution < 1.29 is 14.7 Å². The molecule has 0 bridgehead atoms. The maximum Gasteiger partial charge on any atom is 0.303 e. The lowest BCUT2D eigenvalue weighted by atomic mass is 10.2. The first kappa shape index (κ1) is 15.2. The highest BCUT2D eigenvalue weighted by molar-refractivity contribution is 5.92. The van der Waals surface area contributed by atoms with Crippen LogP contribution in [0, 0.1) is 6.92 Å². The van der Waals surface area contributed by atoms with E-state index in [0.717, 1.165) is 17.1 Å². The van der Waals surface area contributed by atoms with E-state index in [1.807, 2.05) is 29.8 Å². The van der Waals surface area contributed by atoms with Crippen molar-refractivity contribution in [3.8, 4) is 0 Å². The standard InChI is InChI=1S/C16H18N4O3/c1-11-3-2-4-14(17-11)16(23)19-7-8-20-13(10-19)9-12(18-20)5-6-15(21)22/h2-4,9H,5-8,10H2,1H3,(H,21,22). The van der Waals surface area contributed by atoms with Gasteiger partial charge in [0.1, 0.15) is 5.69 Å². The highest BCUT2D eigenvalue weighted by atomic mass is 16.4. The predicted octanol–water partition coefficient (Wildman–Crippen LogP) is 1.26. The Hall–Kier alpha value is -2.70. The van der Waals surface area contributed by atoms with Crippen molar-refractivity contribution in [3.05, 3.63) is 47.0 Å². The van der Waals surface area contributed by atoms with E-state index in [4.69, 9.17) is 5.11 Å². The Morgan fingerprint density at radius 3 is 2.87 bits per heavy atom. The van der Waals surface area contributed by atoms with Gasteiger partial charge in [-0.15, -0.1) is 0 Å². The van der Waals surface area contributed by atoms with Gasteiger partial charge in [-0.2, -0.15) is 5.10 Å². The number of nitrogens with zero attached hydrogens (tertiary/aromatic N) is 4. The van der Waals surface area contributed by atoms with Crippen LogP contribution in [0.3, 0.4) is 0 Å². The average Bonchev–Trinajstić information content (AvgIpc) is 2.94. The van der Waals surface area contributed by atoms with Crippen LogP contribution in [0.2, 0.25) is 0 Å². The minimum atomic E-state index is -0.835. The number of fused-ring (bicyclic) bond motifs is 1. The summed E-state index contributed by atoms with van der Waals surface area (Å²) in [6, 6.07) is 7.29. The average molecular weight is 314 g/mol. The zero-order valence-electron chi connectivity index (χ0n) is 12.9. The summed E-state index contributed by atoms with van der Waals surface area (Å²) in [4.78, 5) is 29.2. The molecule has 0 radical (unpaired) electrons. The normalized spacial score (nSPS) is 13.7. The molecule has 0 fully saturated rings. The van der Waals surface area contributed by atoms with E-state index in [9.17, 15) is 9.59 Å². The van der Waals surface area contributed by atoms with E-state index in [-0.39, 0.29) is 12.3 Å². The van der Waals surface area contributed by atoms with E-state index in [1.165, 1.54) is 0 Å². The van der Waals surface area contributed by atoms with E-state index in [0.29, 0.717) is 31.7 Å². The number of aliphatic carboxylic acids is 1. The van der Waals surface area contributed by atoms with Crippen LogP contribution in [0.5, 0.6) is 0 Å². The van der Waals surface area contributed by atoms with Crippen LogP contribution in [-0.2, 0) is 24.3 Å². The van der Waals surface area contributed by atoms with Crippen molar-refractivity contribution in [2.24, 2.45) is 0 Å². The maximum atomic E-state index is 12.5. The highest BCUT2D eigenvalue weighted by Crippen LogP contribution is 2.16. The smallest absolute Gasteiger partial charge is 0.303 e. The first-order valence-corrected chi connectivity index (χ1v) is 7.53. The number of pyridine rings is 1. The fourth-order valence-electron chi connectivity index (χ4n) is 2.68. The Balaban J connectivity index is 1.72. The number of carbonyl (C=O) groups excluding carboxylic acids is 1. The number of carbonyl (C=O) groups is 2. The van der Waals surface area contributed by atoms with Crippen LogP contribution in [0.15, 0.2) is 24.3 Å². The third-order valence-electron chi connectivity index (χ3n) is 3.84. The first-order valence-electron chi connectivity index (χ1n) is 7.53. The van der Waals surface area contributed by atoms with Gasteiger partial charge in [-0.1, -0.05) is 6.07 Å². The Labute approximate surface area is 133 Å². The molecule has 2 aromatic rings. The molecule has 1 amide bonds. The van der Waals surface area contributed by atoms with E-state index < -0.39 is 5.97 Å². The zero-order valence-corrected chi connectivity index (χ0v) is 12.9.